The van der Waals surface area contributed by atoms with Crippen molar-refractivity contribution in [3.05, 3.63) is 95.1 Å². The van der Waals surface area contributed by atoms with E-state index in [9.17, 15) is 9.59 Å². The number of likely N-dealkylation sites (tertiary alicyclic amines) is 1. The predicted molar refractivity (Wildman–Crippen MR) is 147 cm³/mol. The summed E-state index contributed by atoms with van der Waals surface area (Å²) in [5, 5.41) is 0. The Kier molecular flexibility index (Phi) is 7.28. The standard InChI is InChI=1S/C31H36N4O2/c1-22-7-11-26(12-8-22)35(27-13-9-23(2)10-14-27)28-15-17-33(18-16-28)30(36)19-29(32)31(37)34-20-24-5-3-4-6-25(24)21-34/h3-14,28-29H,15-21,32H2,1-2H3/t29-/m0/s1. The second-order valence-electron chi connectivity index (χ2n) is 10.4. The lowest BCUT2D eigenvalue weighted by Gasteiger charge is -2.40. The number of carbonyl (C=O) groups excluding carboxylic acids is 2. The number of rotatable bonds is 6. The molecule has 1 fully saturated rings. The van der Waals surface area contributed by atoms with Crippen LogP contribution in [0.1, 0.15) is 41.5 Å². The summed E-state index contributed by atoms with van der Waals surface area (Å²) in [6.07, 6.45) is 1.77. The van der Waals surface area contributed by atoms with E-state index in [0.717, 1.165) is 24.0 Å². The summed E-state index contributed by atoms with van der Waals surface area (Å²) in [6.45, 7) is 6.65. The van der Waals surface area contributed by atoms with Crippen molar-refractivity contribution in [3.8, 4) is 0 Å². The molecule has 2 N–H and O–H groups in total. The van der Waals surface area contributed by atoms with E-state index in [4.69, 9.17) is 5.73 Å². The number of hydrogen-bond acceptors (Lipinski definition) is 4. The third-order valence-corrected chi connectivity index (χ3v) is 7.67. The van der Waals surface area contributed by atoms with Crippen LogP contribution >= 0.6 is 0 Å². The van der Waals surface area contributed by atoms with Crippen LogP contribution in [0.25, 0.3) is 0 Å². The molecule has 5 rings (SSSR count). The van der Waals surface area contributed by atoms with E-state index in [1.165, 1.54) is 22.5 Å². The lowest BCUT2D eigenvalue weighted by molar-refractivity contribution is -0.139. The Morgan fingerprint density at radius 3 is 1.78 bits per heavy atom. The highest BCUT2D eigenvalue weighted by Gasteiger charge is 2.32. The van der Waals surface area contributed by atoms with Crippen LogP contribution in [0.4, 0.5) is 11.4 Å². The first-order valence-corrected chi connectivity index (χ1v) is 13.2. The fourth-order valence-electron chi connectivity index (χ4n) is 5.48. The Labute approximate surface area is 219 Å². The number of hydrogen-bond donors (Lipinski definition) is 1. The second-order valence-corrected chi connectivity index (χ2v) is 10.4. The minimum Gasteiger partial charge on any atom is -0.342 e. The lowest BCUT2D eigenvalue weighted by atomic mass is 9.99. The van der Waals surface area contributed by atoms with Gasteiger partial charge in [-0.3, -0.25) is 9.59 Å². The first kappa shape index (κ1) is 25.0. The normalized spacial score (nSPS) is 16.4. The molecule has 6 heteroatoms. The summed E-state index contributed by atoms with van der Waals surface area (Å²) in [4.78, 5) is 32.1. The fourth-order valence-corrected chi connectivity index (χ4v) is 5.48. The van der Waals surface area contributed by atoms with Crippen LogP contribution in [0.2, 0.25) is 0 Å². The monoisotopic (exact) mass is 496 g/mol. The largest absolute Gasteiger partial charge is 0.342 e. The third-order valence-electron chi connectivity index (χ3n) is 7.67. The number of carbonyl (C=O) groups is 2. The number of nitrogens with two attached hydrogens (primary N) is 1. The number of benzene rings is 3. The SMILES string of the molecule is Cc1ccc(N(c2ccc(C)cc2)C2CCN(C(=O)C[C@H](N)C(=O)N3Cc4ccccc4C3)CC2)cc1. The van der Waals surface area contributed by atoms with Gasteiger partial charge in [-0.2, -0.15) is 0 Å². The molecule has 0 aliphatic carbocycles. The fraction of sp³-hybridized carbons (Fsp3) is 0.355. The van der Waals surface area contributed by atoms with Gasteiger partial charge in [0, 0.05) is 43.6 Å². The Hall–Kier alpha value is -3.64. The van der Waals surface area contributed by atoms with Crippen molar-refractivity contribution >= 4 is 23.2 Å². The number of anilines is 2. The van der Waals surface area contributed by atoms with Gasteiger partial charge in [0.1, 0.15) is 0 Å². The third kappa shape index (κ3) is 5.54. The molecule has 6 nitrogen and oxygen atoms in total. The molecule has 0 unspecified atom stereocenters. The first-order chi connectivity index (χ1) is 17.9. The van der Waals surface area contributed by atoms with Gasteiger partial charge in [0.2, 0.25) is 11.8 Å². The zero-order chi connectivity index (χ0) is 25.9. The molecule has 3 aromatic carbocycles. The zero-order valence-corrected chi connectivity index (χ0v) is 21.8. The summed E-state index contributed by atoms with van der Waals surface area (Å²) in [7, 11) is 0. The lowest BCUT2D eigenvalue weighted by Crippen LogP contribution is -2.49. The van der Waals surface area contributed by atoms with Crippen molar-refractivity contribution in [1.82, 2.24) is 9.80 Å². The van der Waals surface area contributed by atoms with Crippen LogP contribution in [0, 0.1) is 13.8 Å². The van der Waals surface area contributed by atoms with Gasteiger partial charge in [0.05, 0.1) is 12.5 Å². The molecule has 0 saturated carbocycles. The van der Waals surface area contributed by atoms with E-state index in [-0.39, 0.29) is 24.3 Å². The van der Waals surface area contributed by atoms with E-state index >= 15 is 0 Å². The van der Waals surface area contributed by atoms with Gasteiger partial charge in [-0.1, -0.05) is 59.7 Å². The van der Waals surface area contributed by atoms with Crippen molar-refractivity contribution in [2.24, 2.45) is 5.73 Å². The van der Waals surface area contributed by atoms with Gasteiger partial charge in [0.25, 0.3) is 0 Å². The molecule has 2 amide bonds. The molecule has 0 aromatic heterocycles. The number of fused-ring (bicyclic) bond motifs is 1. The van der Waals surface area contributed by atoms with Crippen LogP contribution in [0.5, 0.6) is 0 Å². The second kappa shape index (κ2) is 10.8. The molecule has 1 atom stereocenters. The van der Waals surface area contributed by atoms with Gasteiger partial charge in [-0.15, -0.1) is 0 Å². The van der Waals surface area contributed by atoms with Crippen molar-refractivity contribution < 1.29 is 9.59 Å². The van der Waals surface area contributed by atoms with Gasteiger partial charge >= 0.3 is 0 Å². The summed E-state index contributed by atoms with van der Waals surface area (Å²) < 4.78 is 0. The molecule has 2 aliphatic rings. The van der Waals surface area contributed by atoms with Gasteiger partial charge in [0.15, 0.2) is 0 Å². The van der Waals surface area contributed by atoms with Crippen molar-refractivity contribution in [2.75, 3.05) is 18.0 Å². The zero-order valence-electron chi connectivity index (χ0n) is 21.8. The Morgan fingerprint density at radius 1 is 0.811 bits per heavy atom. The molecule has 2 heterocycles. The highest BCUT2D eigenvalue weighted by atomic mass is 16.2. The molecular formula is C31H36N4O2. The summed E-state index contributed by atoms with van der Waals surface area (Å²) in [6, 6.07) is 24.8. The van der Waals surface area contributed by atoms with Crippen LogP contribution in [0.3, 0.4) is 0 Å². The molecular weight excluding hydrogens is 460 g/mol. The highest BCUT2D eigenvalue weighted by Crippen LogP contribution is 2.33. The van der Waals surface area contributed by atoms with E-state index in [0.29, 0.717) is 26.2 Å². The van der Waals surface area contributed by atoms with Gasteiger partial charge in [-0.25, -0.2) is 0 Å². The minimum absolute atomic E-state index is 0.0340. The van der Waals surface area contributed by atoms with E-state index in [1.807, 2.05) is 29.2 Å². The van der Waals surface area contributed by atoms with Crippen molar-refractivity contribution in [2.45, 2.75) is 58.3 Å². The molecule has 2 aliphatic heterocycles. The number of nitrogens with zero attached hydrogens (tertiary/aromatic N) is 3. The Balaban J connectivity index is 1.20. The number of aryl methyl sites for hydroxylation is 2. The average Bonchev–Trinajstić information content (AvgIpc) is 3.35. The number of piperidine rings is 1. The molecule has 3 aromatic rings. The molecule has 1 saturated heterocycles. The Bertz CT molecular complexity index is 1180. The van der Waals surface area contributed by atoms with Crippen LogP contribution in [-0.2, 0) is 22.7 Å². The molecule has 0 radical (unpaired) electrons. The van der Waals surface area contributed by atoms with E-state index < -0.39 is 6.04 Å². The Morgan fingerprint density at radius 2 is 1.30 bits per heavy atom. The summed E-state index contributed by atoms with van der Waals surface area (Å²) in [5.41, 5.74) is 13.4. The quantitative estimate of drug-likeness (QED) is 0.537. The smallest absolute Gasteiger partial charge is 0.240 e. The highest BCUT2D eigenvalue weighted by molar-refractivity contribution is 5.88. The maximum atomic E-state index is 13.1. The maximum Gasteiger partial charge on any atom is 0.240 e. The first-order valence-electron chi connectivity index (χ1n) is 13.2. The summed E-state index contributed by atoms with van der Waals surface area (Å²) >= 11 is 0. The van der Waals surface area contributed by atoms with Crippen LogP contribution in [0.15, 0.2) is 72.8 Å². The average molecular weight is 497 g/mol. The molecule has 0 bridgehead atoms. The van der Waals surface area contributed by atoms with E-state index in [1.54, 1.807) is 4.90 Å². The molecule has 192 valence electrons. The molecule has 0 spiro atoms. The predicted octanol–water partition coefficient (Wildman–Crippen LogP) is 4.69. The van der Waals surface area contributed by atoms with E-state index in [2.05, 4.69) is 67.3 Å². The number of amides is 2. The summed E-state index contributed by atoms with van der Waals surface area (Å²) in [5.74, 6) is -0.183. The van der Waals surface area contributed by atoms with Gasteiger partial charge < -0.3 is 20.4 Å². The van der Waals surface area contributed by atoms with Crippen molar-refractivity contribution in [3.63, 3.8) is 0 Å². The van der Waals surface area contributed by atoms with Crippen molar-refractivity contribution in [1.29, 1.82) is 0 Å². The topological polar surface area (TPSA) is 69.9 Å². The van der Waals surface area contributed by atoms with Crippen LogP contribution in [-0.4, -0.2) is 46.8 Å². The molecule has 37 heavy (non-hydrogen) atoms. The minimum atomic E-state index is -0.809. The van der Waals surface area contributed by atoms with Crippen LogP contribution < -0.4 is 10.6 Å². The maximum absolute atomic E-state index is 13.1. The van der Waals surface area contributed by atoms with Gasteiger partial charge in [-0.05, 0) is 62.1 Å².